The molecule has 8 heteroatoms. The van der Waals surface area contributed by atoms with Gasteiger partial charge in [0, 0.05) is 20.8 Å². The first kappa shape index (κ1) is 23.0. The van der Waals surface area contributed by atoms with E-state index >= 15 is 0 Å². The highest BCUT2D eigenvalue weighted by Crippen LogP contribution is 2.17. The van der Waals surface area contributed by atoms with E-state index in [2.05, 4.69) is 30.8 Å². The quantitative estimate of drug-likeness (QED) is 0.513. The van der Waals surface area contributed by atoms with Crippen molar-refractivity contribution < 1.29 is 18.1 Å². The van der Waals surface area contributed by atoms with Crippen molar-refractivity contribution in [3.63, 3.8) is 0 Å². The van der Waals surface area contributed by atoms with Crippen molar-refractivity contribution in [2.45, 2.75) is 64.7 Å². The molecule has 0 fully saturated rings. The first-order chi connectivity index (χ1) is 10.3. The highest BCUT2D eigenvalue weighted by molar-refractivity contribution is 6.73. The molecule has 0 aromatic carbocycles. The molecule has 5 nitrogen and oxygen atoms in total. The van der Waals surface area contributed by atoms with E-state index in [1.165, 1.54) is 0 Å². The van der Waals surface area contributed by atoms with Gasteiger partial charge in [0.05, 0.1) is 6.42 Å². The van der Waals surface area contributed by atoms with Gasteiger partial charge in [-0.15, -0.1) is 0 Å². The van der Waals surface area contributed by atoms with Gasteiger partial charge in [-0.2, -0.15) is 0 Å². The molecule has 0 bridgehead atoms. The molecule has 0 heterocycles. The fraction of sp³-hybridized carbons (Fsp3) is 0.933. The van der Waals surface area contributed by atoms with Crippen molar-refractivity contribution >= 4 is 31.1 Å². The predicted octanol–water partition coefficient (Wildman–Crippen LogP) is 3.65. The van der Waals surface area contributed by atoms with Crippen molar-refractivity contribution in [1.82, 2.24) is 4.57 Å². The minimum Gasteiger partial charge on any atom is -0.520 e. The molecule has 0 aromatic rings. The van der Waals surface area contributed by atoms with E-state index in [4.69, 9.17) is 13.3 Å². The van der Waals surface area contributed by atoms with Crippen LogP contribution in [0.3, 0.4) is 0 Å². The summed E-state index contributed by atoms with van der Waals surface area (Å²) >= 11 is 0. The molecular formula is C15H37NO4Si3. The zero-order valence-electron chi connectivity index (χ0n) is 16.6. The SMILES string of the molecule is CO[Si](C)(CCCN(CCC(=O)O[Si](C)(C)C)[Si](C)(C)C)OC. The van der Waals surface area contributed by atoms with Gasteiger partial charge in [0.25, 0.3) is 5.97 Å². The van der Waals surface area contributed by atoms with E-state index in [1.54, 1.807) is 14.2 Å². The lowest BCUT2D eigenvalue weighted by molar-refractivity contribution is -0.135. The number of carbonyl (C=O) groups excluding carboxylic acids is 1. The number of hydrogen-bond donors (Lipinski definition) is 0. The lowest BCUT2D eigenvalue weighted by Gasteiger charge is -2.35. The summed E-state index contributed by atoms with van der Waals surface area (Å²) in [7, 11) is -1.77. The monoisotopic (exact) mass is 379 g/mol. The second-order valence-corrected chi connectivity index (χ2v) is 21.1. The summed E-state index contributed by atoms with van der Waals surface area (Å²) in [5, 5.41) is 0. The van der Waals surface area contributed by atoms with Crippen molar-refractivity contribution in [2.75, 3.05) is 27.3 Å². The Bertz CT molecular complexity index is 363. The van der Waals surface area contributed by atoms with Crippen LogP contribution in [0, 0.1) is 0 Å². The summed E-state index contributed by atoms with van der Waals surface area (Å²) in [5.74, 6) is -0.0552. The first-order valence-corrected chi connectivity index (χ1v) is 17.8. The minimum atomic E-state index is -2.00. The Labute approximate surface area is 146 Å². The van der Waals surface area contributed by atoms with Crippen molar-refractivity contribution in [3.05, 3.63) is 0 Å². The molecule has 0 unspecified atom stereocenters. The molecule has 0 N–H and O–H groups in total. The standard InChI is InChI=1S/C15H37NO4Si3/c1-18-23(9,19-2)14-10-12-16(21(3,4)5)13-11-15(17)20-22(6,7)8/h10-14H2,1-9H3. The molecule has 0 rings (SSSR count). The van der Waals surface area contributed by atoms with Gasteiger partial charge in [0.1, 0.15) is 8.24 Å². The van der Waals surface area contributed by atoms with Gasteiger partial charge in [-0.25, -0.2) is 0 Å². The summed E-state index contributed by atoms with van der Waals surface area (Å²) < 4.78 is 19.1. The summed E-state index contributed by atoms with van der Waals surface area (Å²) in [6, 6.07) is 0.973. The van der Waals surface area contributed by atoms with Crippen LogP contribution in [0.15, 0.2) is 0 Å². The van der Waals surface area contributed by atoms with Crippen molar-refractivity contribution in [1.29, 1.82) is 0 Å². The molecule has 0 saturated heterocycles. The third-order valence-corrected chi connectivity index (χ3v) is 10.1. The Hall–Kier alpha value is 0.000649. The normalized spacial score (nSPS) is 13.5. The smallest absolute Gasteiger partial charge is 0.334 e. The minimum absolute atomic E-state index is 0.0552. The molecule has 138 valence electrons. The van der Waals surface area contributed by atoms with Crippen LogP contribution in [0.4, 0.5) is 0 Å². The third-order valence-electron chi connectivity index (χ3n) is 3.88. The highest BCUT2D eigenvalue weighted by atomic mass is 28.4. The van der Waals surface area contributed by atoms with Crippen LogP contribution in [0.2, 0.25) is 51.9 Å². The average molecular weight is 380 g/mol. The Balaban J connectivity index is 4.48. The van der Waals surface area contributed by atoms with Crippen LogP contribution in [0.1, 0.15) is 12.8 Å². The van der Waals surface area contributed by atoms with Gasteiger partial charge in [0.15, 0.2) is 0 Å². The van der Waals surface area contributed by atoms with Crippen LogP contribution in [0.25, 0.3) is 0 Å². The lowest BCUT2D eigenvalue weighted by atomic mass is 10.4. The zero-order valence-corrected chi connectivity index (χ0v) is 19.6. The number of nitrogens with zero attached hydrogens (tertiary/aromatic N) is 1. The third kappa shape index (κ3) is 10.5. The fourth-order valence-corrected chi connectivity index (χ4v) is 6.05. The molecule has 0 atom stereocenters. The summed E-state index contributed by atoms with van der Waals surface area (Å²) in [6.45, 7) is 17.0. The molecule has 23 heavy (non-hydrogen) atoms. The molecule has 0 spiro atoms. The van der Waals surface area contributed by atoms with E-state index in [0.29, 0.717) is 6.42 Å². The number of hydrogen-bond acceptors (Lipinski definition) is 5. The second kappa shape index (κ2) is 9.48. The molecule has 0 aliphatic carbocycles. The predicted molar refractivity (Wildman–Crippen MR) is 104 cm³/mol. The molecule has 0 aliphatic heterocycles. The van der Waals surface area contributed by atoms with Gasteiger partial charge >= 0.3 is 8.56 Å². The van der Waals surface area contributed by atoms with E-state index in [0.717, 1.165) is 25.6 Å². The molecule has 0 radical (unpaired) electrons. The van der Waals surface area contributed by atoms with Gasteiger partial charge in [-0.1, -0.05) is 19.6 Å². The Morgan fingerprint density at radius 2 is 1.43 bits per heavy atom. The lowest BCUT2D eigenvalue weighted by Crippen LogP contribution is -2.48. The maximum Gasteiger partial charge on any atom is 0.334 e. The van der Waals surface area contributed by atoms with Gasteiger partial charge in [-0.3, -0.25) is 4.79 Å². The number of carbonyl (C=O) groups is 1. The van der Waals surface area contributed by atoms with Crippen LogP contribution < -0.4 is 0 Å². The van der Waals surface area contributed by atoms with E-state index in [-0.39, 0.29) is 5.97 Å². The Kier molecular flexibility index (Phi) is 9.48. The van der Waals surface area contributed by atoms with E-state index in [1.807, 2.05) is 19.6 Å². The van der Waals surface area contributed by atoms with Crippen LogP contribution >= 0.6 is 0 Å². The Morgan fingerprint density at radius 1 is 0.913 bits per heavy atom. The maximum atomic E-state index is 12.0. The second-order valence-electron chi connectivity index (χ2n) is 8.14. The summed E-state index contributed by atoms with van der Waals surface area (Å²) in [6.07, 6.45) is 1.52. The molecule has 0 aromatic heterocycles. The fourth-order valence-electron chi connectivity index (χ4n) is 2.28. The zero-order chi connectivity index (χ0) is 18.3. The molecule has 0 aliphatic rings. The molecular weight excluding hydrogens is 342 g/mol. The van der Waals surface area contributed by atoms with E-state index in [9.17, 15) is 4.79 Å². The van der Waals surface area contributed by atoms with Gasteiger partial charge in [-0.05, 0) is 45.2 Å². The maximum absolute atomic E-state index is 12.0. The molecule has 0 amide bonds. The first-order valence-electron chi connectivity index (χ1n) is 8.40. The molecule has 0 saturated carbocycles. The van der Waals surface area contributed by atoms with Crippen LogP contribution in [-0.2, 0) is 18.1 Å². The average Bonchev–Trinajstić information content (AvgIpc) is 2.38. The topological polar surface area (TPSA) is 48.0 Å². The largest absolute Gasteiger partial charge is 0.520 e. The van der Waals surface area contributed by atoms with Crippen molar-refractivity contribution in [3.8, 4) is 0 Å². The Morgan fingerprint density at radius 3 is 1.83 bits per heavy atom. The van der Waals surface area contributed by atoms with Crippen LogP contribution in [-0.4, -0.2) is 63.0 Å². The summed E-state index contributed by atoms with van der Waals surface area (Å²) in [5.41, 5.74) is 0. The van der Waals surface area contributed by atoms with Crippen LogP contribution in [0.5, 0.6) is 0 Å². The van der Waals surface area contributed by atoms with Gasteiger partial charge < -0.3 is 17.8 Å². The van der Waals surface area contributed by atoms with Gasteiger partial charge in [0.2, 0.25) is 8.32 Å². The number of rotatable bonds is 11. The highest BCUT2D eigenvalue weighted by Gasteiger charge is 2.30. The van der Waals surface area contributed by atoms with E-state index < -0.39 is 25.1 Å². The van der Waals surface area contributed by atoms with Crippen molar-refractivity contribution in [2.24, 2.45) is 0 Å². The summed E-state index contributed by atoms with van der Waals surface area (Å²) in [4.78, 5) is 12.0.